The van der Waals surface area contributed by atoms with Gasteiger partial charge in [-0.3, -0.25) is 9.59 Å². The zero-order valence-corrected chi connectivity index (χ0v) is 11.7. The Morgan fingerprint density at radius 3 is 2.71 bits per heavy atom. The number of para-hydroxylation sites is 1. The fourth-order valence-corrected chi connectivity index (χ4v) is 2.59. The second-order valence-electron chi connectivity index (χ2n) is 4.77. The third kappa shape index (κ3) is 2.43. The topological polar surface area (TPSA) is 37.4 Å². The predicted octanol–water partition coefficient (Wildman–Crippen LogP) is 3.71. The molecule has 2 aromatic carbocycles. The summed E-state index contributed by atoms with van der Waals surface area (Å²) in [5, 5.41) is 0.235. The first-order chi connectivity index (χ1) is 10.1. The van der Waals surface area contributed by atoms with Crippen molar-refractivity contribution in [3.8, 4) is 0 Å². The van der Waals surface area contributed by atoms with Gasteiger partial charge in [0.15, 0.2) is 5.78 Å². The quantitative estimate of drug-likeness (QED) is 0.805. The van der Waals surface area contributed by atoms with Crippen molar-refractivity contribution in [2.45, 2.75) is 6.42 Å². The highest BCUT2D eigenvalue weighted by Gasteiger charge is 2.28. The third-order valence-electron chi connectivity index (χ3n) is 3.46. The maximum atomic E-state index is 13.9. The number of hydrogen-bond acceptors (Lipinski definition) is 2. The van der Waals surface area contributed by atoms with Gasteiger partial charge in [0.25, 0.3) is 5.91 Å². The number of benzene rings is 2. The van der Waals surface area contributed by atoms with Gasteiger partial charge in [0.2, 0.25) is 0 Å². The van der Waals surface area contributed by atoms with Crippen molar-refractivity contribution in [1.82, 2.24) is 0 Å². The Morgan fingerprint density at radius 2 is 1.95 bits per heavy atom. The molecule has 106 valence electrons. The fourth-order valence-electron chi connectivity index (χ4n) is 2.43. The maximum absolute atomic E-state index is 13.9. The molecule has 0 saturated heterocycles. The summed E-state index contributed by atoms with van der Waals surface area (Å²) in [7, 11) is 0. The first-order valence-corrected chi connectivity index (χ1v) is 6.85. The van der Waals surface area contributed by atoms with Crippen LogP contribution in [0.3, 0.4) is 0 Å². The third-order valence-corrected chi connectivity index (χ3v) is 3.70. The van der Waals surface area contributed by atoms with Gasteiger partial charge in [0.05, 0.1) is 11.3 Å². The number of carbonyl (C=O) groups is 2. The molecular weight excluding hydrogens is 293 g/mol. The Labute approximate surface area is 125 Å². The van der Waals surface area contributed by atoms with E-state index in [0.717, 1.165) is 6.07 Å². The zero-order chi connectivity index (χ0) is 15.0. The molecule has 3 rings (SSSR count). The second-order valence-corrected chi connectivity index (χ2v) is 5.21. The molecular formula is C16H11ClFNO2. The number of amides is 1. The maximum Gasteiger partial charge on any atom is 0.261 e. The van der Waals surface area contributed by atoms with Gasteiger partial charge in [0.1, 0.15) is 5.82 Å². The average molecular weight is 304 g/mol. The SMILES string of the molecule is O=C1CCN(C(=O)c2ccc(Cl)cc2F)c2ccccc21. The molecule has 0 radical (unpaired) electrons. The zero-order valence-electron chi connectivity index (χ0n) is 11.0. The van der Waals surface area contributed by atoms with Gasteiger partial charge in [-0.25, -0.2) is 4.39 Å². The van der Waals surface area contributed by atoms with E-state index in [1.54, 1.807) is 24.3 Å². The van der Waals surface area contributed by atoms with Crippen molar-refractivity contribution in [2.75, 3.05) is 11.4 Å². The Hall–Kier alpha value is -2.20. The lowest BCUT2D eigenvalue weighted by Gasteiger charge is -2.28. The summed E-state index contributed by atoms with van der Waals surface area (Å²) in [6, 6.07) is 10.8. The fraction of sp³-hybridized carbons (Fsp3) is 0.125. The largest absolute Gasteiger partial charge is 0.307 e. The molecule has 1 aliphatic rings. The Balaban J connectivity index is 2.03. The lowest BCUT2D eigenvalue weighted by Crippen LogP contribution is -2.37. The van der Waals surface area contributed by atoms with Crippen molar-refractivity contribution in [3.63, 3.8) is 0 Å². The van der Waals surface area contributed by atoms with Crippen LogP contribution < -0.4 is 4.90 Å². The number of anilines is 1. The molecule has 5 heteroatoms. The molecule has 2 aromatic rings. The van der Waals surface area contributed by atoms with E-state index in [1.807, 2.05) is 0 Å². The Kier molecular flexibility index (Phi) is 3.47. The Morgan fingerprint density at radius 1 is 1.19 bits per heavy atom. The molecule has 0 N–H and O–H groups in total. The average Bonchev–Trinajstić information content (AvgIpc) is 2.47. The van der Waals surface area contributed by atoms with Crippen LogP contribution in [0.2, 0.25) is 5.02 Å². The number of Topliss-reactive ketones (excluding diaryl/α,β-unsaturated/α-hetero) is 1. The van der Waals surface area contributed by atoms with Gasteiger partial charge in [-0.1, -0.05) is 23.7 Å². The smallest absolute Gasteiger partial charge is 0.261 e. The highest BCUT2D eigenvalue weighted by atomic mass is 35.5. The van der Waals surface area contributed by atoms with Crippen LogP contribution in [0.4, 0.5) is 10.1 Å². The minimum Gasteiger partial charge on any atom is -0.307 e. The molecule has 1 amide bonds. The van der Waals surface area contributed by atoms with Crippen LogP contribution in [0, 0.1) is 5.82 Å². The van der Waals surface area contributed by atoms with Crippen LogP contribution in [0.1, 0.15) is 27.1 Å². The Bertz CT molecular complexity index is 745. The molecule has 0 fully saturated rings. The van der Waals surface area contributed by atoms with Gasteiger partial charge in [-0.2, -0.15) is 0 Å². The van der Waals surface area contributed by atoms with Crippen LogP contribution in [0.15, 0.2) is 42.5 Å². The van der Waals surface area contributed by atoms with Gasteiger partial charge in [-0.15, -0.1) is 0 Å². The summed E-state index contributed by atoms with van der Waals surface area (Å²) in [6.07, 6.45) is 0.234. The molecule has 0 aliphatic carbocycles. The summed E-state index contributed by atoms with van der Waals surface area (Å²) in [4.78, 5) is 25.8. The number of halogens is 2. The number of ketones is 1. The second kappa shape index (κ2) is 5.30. The molecule has 1 aliphatic heterocycles. The lowest BCUT2D eigenvalue weighted by molar-refractivity contribution is 0.0953. The summed E-state index contributed by atoms with van der Waals surface area (Å²) in [5.74, 6) is -1.14. The molecule has 21 heavy (non-hydrogen) atoms. The van der Waals surface area contributed by atoms with E-state index in [9.17, 15) is 14.0 Å². The molecule has 0 aromatic heterocycles. The van der Waals surface area contributed by atoms with Crippen LogP contribution in [-0.2, 0) is 0 Å². The van der Waals surface area contributed by atoms with Gasteiger partial charge in [0, 0.05) is 23.6 Å². The van der Waals surface area contributed by atoms with Crippen molar-refractivity contribution in [2.24, 2.45) is 0 Å². The highest BCUT2D eigenvalue weighted by molar-refractivity contribution is 6.30. The molecule has 3 nitrogen and oxygen atoms in total. The van der Waals surface area contributed by atoms with E-state index in [1.165, 1.54) is 17.0 Å². The number of fused-ring (bicyclic) bond motifs is 1. The van der Waals surface area contributed by atoms with E-state index < -0.39 is 11.7 Å². The first-order valence-electron chi connectivity index (χ1n) is 6.47. The number of carbonyl (C=O) groups excluding carboxylic acids is 2. The lowest BCUT2D eigenvalue weighted by atomic mass is 9.99. The summed E-state index contributed by atoms with van der Waals surface area (Å²) in [5.41, 5.74) is 0.961. The van der Waals surface area contributed by atoms with E-state index in [-0.39, 0.29) is 29.3 Å². The summed E-state index contributed by atoms with van der Waals surface area (Å²) in [6.45, 7) is 0.247. The van der Waals surface area contributed by atoms with Crippen LogP contribution in [0.5, 0.6) is 0 Å². The van der Waals surface area contributed by atoms with Crippen molar-refractivity contribution in [3.05, 3.63) is 64.4 Å². The van der Waals surface area contributed by atoms with Crippen molar-refractivity contribution in [1.29, 1.82) is 0 Å². The molecule has 0 spiro atoms. The molecule has 0 unspecified atom stereocenters. The van der Waals surface area contributed by atoms with E-state index >= 15 is 0 Å². The van der Waals surface area contributed by atoms with Crippen LogP contribution in [0.25, 0.3) is 0 Å². The van der Waals surface area contributed by atoms with Crippen LogP contribution >= 0.6 is 11.6 Å². The standard InChI is InChI=1S/C16H11ClFNO2/c17-10-5-6-11(13(18)9-10)16(21)19-8-7-15(20)12-3-1-2-4-14(12)19/h1-6,9H,7-8H2. The van der Waals surface area contributed by atoms with E-state index in [0.29, 0.717) is 11.3 Å². The monoisotopic (exact) mass is 303 g/mol. The minimum atomic E-state index is -0.665. The van der Waals surface area contributed by atoms with Crippen molar-refractivity contribution >= 4 is 29.0 Å². The predicted molar refractivity (Wildman–Crippen MR) is 78.5 cm³/mol. The summed E-state index contributed by atoms with van der Waals surface area (Å²) >= 11 is 5.70. The first kappa shape index (κ1) is 13.8. The number of hydrogen-bond donors (Lipinski definition) is 0. The van der Waals surface area contributed by atoms with E-state index in [4.69, 9.17) is 11.6 Å². The minimum absolute atomic E-state index is 0.00812. The molecule has 0 bridgehead atoms. The number of nitrogens with zero attached hydrogens (tertiary/aromatic N) is 1. The normalized spacial score (nSPS) is 14.0. The van der Waals surface area contributed by atoms with Crippen LogP contribution in [-0.4, -0.2) is 18.2 Å². The van der Waals surface area contributed by atoms with Gasteiger partial charge < -0.3 is 4.90 Å². The van der Waals surface area contributed by atoms with Crippen molar-refractivity contribution < 1.29 is 14.0 Å². The molecule has 0 saturated carbocycles. The van der Waals surface area contributed by atoms with Gasteiger partial charge in [-0.05, 0) is 30.3 Å². The van der Waals surface area contributed by atoms with Gasteiger partial charge >= 0.3 is 0 Å². The molecule has 0 atom stereocenters. The molecule has 1 heterocycles. The number of rotatable bonds is 1. The highest BCUT2D eigenvalue weighted by Crippen LogP contribution is 2.29. The van der Waals surface area contributed by atoms with E-state index in [2.05, 4.69) is 0 Å². The summed E-state index contributed by atoms with van der Waals surface area (Å²) < 4.78 is 13.9.